The summed E-state index contributed by atoms with van der Waals surface area (Å²) >= 11 is 12.3. The lowest BCUT2D eigenvalue weighted by Crippen LogP contribution is -2.17. The van der Waals surface area contributed by atoms with Crippen LogP contribution in [0.15, 0.2) is 36.4 Å². The largest absolute Gasteiger partial charge is 0.489 e. The zero-order chi connectivity index (χ0) is 14.8. The maximum atomic E-state index is 6.15. The first-order valence-corrected chi connectivity index (χ1v) is 7.85. The molecule has 0 saturated carbocycles. The Labute approximate surface area is 134 Å². The molecule has 0 amide bonds. The summed E-state index contributed by atoms with van der Waals surface area (Å²) < 4.78 is 5.85. The van der Waals surface area contributed by atoms with Crippen molar-refractivity contribution in [2.45, 2.75) is 31.9 Å². The van der Waals surface area contributed by atoms with Crippen LogP contribution in [0.3, 0.4) is 0 Å². The Morgan fingerprint density at radius 1 is 1.14 bits per heavy atom. The van der Waals surface area contributed by atoms with Crippen LogP contribution in [0.2, 0.25) is 10.0 Å². The molecule has 110 valence electrons. The topological polar surface area (TPSA) is 35.2 Å². The lowest BCUT2D eigenvalue weighted by atomic mass is 9.88. The Morgan fingerprint density at radius 2 is 1.90 bits per heavy atom. The molecule has 2 aromatic carbocycles. The molecule has 0 heterocycles. The number of hydrogen-bond donors (Lipinski definition) is 1. The van der Waals surface area contributed by atoms with E-state index >= 15 is 0 Å². The lowest BCUT2D eigenvalue weighted by Gasteiger charge is -2.22. The van der Waals surface area contributed by atoms with Crippen LogP contribution in [0.1, 0.15) is 35.6 Å². The highest BCUT2D eigenvalue weighted by Gasteiger charge is 2.17. The van der Waals surface area contributed by atoms with Gasteiger partial charge in [-0.2, -0.15) is 0 Å². The fraction of sp³-hybridized carbons (Fsp3) is 0.294. The third kappa shape index (κ3) is 3.18. The summed E-state index contributed by atoms with van der Waals surface area (Å²) in [7, 11) is 0. The van der Waals surface area contributed by atoms with Crippen LogP contribution in [0.5, 0.6) is 5.75 Å². The molecular formula is C17H17Cl2NO. The second-order valence-electron chi connectivity index (χ2n) is 5.35. The molecule has 1 atom stereocenters. The van der Waals surface area contributed by atoms with Gasteiger partial charge in [-0.1, -0.05) is 35.3 Å². The molecule has 21 heavy (non-hydrogen) atoms. The van der Waals surface area contributed by atoms with Crippen molar-refractivity contribution in [3.8, 4) is 5.75 Å². The lowest BCUT2D eigenvalue weighted by molar-refractivity contribution is 0.305. The van der Waals surface area contributed by atoms with Crippen molar-refractivity contribution < 1.29 is 4.74 Å². The highest BCUT2D eigenvalue weighted by molar-refractivity contribution is 6.35. The highest BCUT2D eigenvalue weighted by Crippen LogP contribution is 2.31. The normalized spacial score (nSPS) is 17.4. The Hall–Kier alpha value is -1.22. The molecule has 0 fully saturated rings. The summed E-state index contributed by atoms with van der Waals surface area (Å²) in [5.74, 6) is 0.832. The van der Waals surface area contributed by atoms with E-state index in [0.29, 0.717) is 16.7 Å². The van der Waals surface area contributed by atoms with Gasteiger partial charge in [0, 0.05) is 21.7 Å². The zero-order valence-corrected chi connectivity index (χ0v) is 13.1. The van der Waals surface area contributed by atoms with Crippen molar-refractivity contribution in [3.63, 3.8) is 0 Å². The van der Waals surface area contributed by atoms with Gasteiger partial charge in [-0.15, -0.1) is 0 Å². The minimum Gasteiger partial charge on any atom is -0.489 e. The maximum Gasteiger partial charge on any atom is 0.120 e. The van der Waals surface area contributed by atoms with Gasteiger partial charge in [0.2, 0.25) is 0 Å². The van der Waals surface area contributed by atoms with E-state index in [1.165, 1.54) is 11.1 Å². The number of benzene rings is 2. The molecule has 0 spiro atoms. The molecule has 1 unspecified atom stereocenters. The van der Waals surface area contributed by atoms with E-state index in [0.717, 1.165) is 30.6 Å². The molecule has 0 aliphatic heterocycles. The van der Waals surface area contributed by atoms with E-state index in [1.807, 2.05) is 24.3 Å². The van der Waals surface area contributed by atoms with Gasteiger partial charge in [0.15, 0.2) is 0 Å². The van der Waals surface area contributed by atoms with Crippen LogP contribution in [-0.4, -0.2) is 0 Å². The fourth-order valence-electron chi connectivity index (χ4n) is 2.74. The first-order chi connectivity index (χ1) is 10.1. The monoisotopic (exact) mass is 321 g/mol. The smallest absolute Gasteiger partial charge is 0.120 e. The predicted molar refractivity (Wildman–Crippen MR) is 87.1 cm³/mol. The van der Waals surface area contributed by atoms with Crippen LogP contribution < -0.4 is 10.5 Å². The van der Waals surface area contributed by atoms with Crippen LogP contribution in [0, 0.1) is 0 Å². The van der Waals surface area contributed by atoms with Crippen molar-refractivity contribution in [2.75, 3.05) is 0 Å². The first kappa shape index (κ1) is 14.7. The van der Waals surface area contributed by atoms with Crippen molar-refractivity contribution in [1.82, 2.24) is 0 Å². The van der Waals surface area contributed by atoms with E-state index in [-0.39, 0.29) is 6.04 Å². The van der Waals surface area contributed by atoms with Crippen molar-refractivity contribution in [3.05, 3.63) is 63.1 Å². The molecule has 2 nitrogen and oxygen atoms in total. The fourth-order valence-corrected chi connectivity index (χ4v) is 3.25. The number of hydrogen-bond acceptors (Lipinski definition) is 2. The van der Waals surface area contributed by atoms with Gasteiger partial charge in [0.1, 0.15) is 12.4 Å². The standard InChI is InChI=1S/C17H17Cl2NO/c18-15-4-2-5-16(19)14(15)10-21-12-7-8-13-11(9-12)3-1-6-17(13)20/h2,4-5,7-9,17H,1,3,6,10,20H2. The molecule has 3 rings (SSSR count). The summed E-state index contributed by atoms with van der Waals surface area (Å²) in [5, 5.41) is 1.25. The van der Waals surface area contributed by atoms with Crippen molar-refractivity contribution in [2.24, 2.45) is 5.73 Å². The van der Waals surface area contributed by atoms with E-state index in [2.05, 4.69) is 12.1 Å². The Bertz CT molecular complexity index is 637. The van der Waals surface area contributed by atoms with E-state index in [4.69, 9.17) is 33.7 Å². The quantitative estimate of drug-likeness (QED) is 0.871. The van der Waals surface area contributed by atoms with Gasteiger partial charge in [0.25, 0.3) is 0 Å². The van der Waals surface area contributed by atoms with Crippen LogP contribution in [0.4, 0.5) is 0 Å². The summed E-state index contributed by atoms with van der Waals surface area (Å²) in [6.45, 7) is 0.364. The van der Waals surface area contributed by atoms with Crippen LogP contribution in [0.25, 0.3) is 0 Å². The number of nitrogens with two attached hydrogens (primary N) is 1. The summed E-state index contributed by atoms with van der Waals surface area (Å²) in [6.07, 6.45) is 3.25. The van der Waals surface area contributed by atoms with E-state index < -0.39 is 0 Å². The molecule has 4 heteroatoms. The first-order valence-electron chi connectivity index (χ1n) is 7.09. The summed E-state index contributed by atoms with van der Waals surface area (Å²) in [4.78, 5) is 0. The number of fused-ring (bicyclic) bond motifs is 1. The van der Waals surface area contributed by atoms with Crippen molar-refractivity contribution >= 4 is 23.2 Å². The van der Waals surface area contributed by atoms with Crippen LogP contribution >= 0.6 is 23.2 Å². The minimum absolute atomic E-state index is 0.154. The van der Waals surface area contributed by atoms with Gasteiger partial charge >= 0.3 is 0 Å². The Morgan fingerprint density at radius 3 is 2.67 bits per heavy atom. The van der Waals surface area contributed by atoms with E-state index in [9.17, 15) is 0 Å². The second kappa shape index (κ2) is 6.27. The zero-order valence-electron chi connectivity index (χ0n) is 11.6. The summed E-state index contributed by atoms with van der Waals surface area (Å²) in [6, 6.07) is 11.7. The van der Waals surface area contributed by atoms with Crippen molar-refractivity contribution in [1.29, 1.82) is 0 Å². The van der Waals surface area contributed by atoms with Gasteiger partial charge < -0.3 is 10.5 Å². The molecule has 0 radical (unpaired) electrons. The van der Waals surface area contributed by atoms with E-state index in [1.54, 1.807) is 0 Å². The molecule has 2 N–H and O–H groups in total. The SMILES string of the molecule is NC1CCCc2cc(OCc3c(Cl)cccc3Cl)ccc21. The molecule has 0 saturated heterocycles. The third-order valence-corrected chi connectivity index (χ3v) is 4.63. The molecule has 1 aliphatic rings. The van der Waals surface area contributed by atoms with Gasteiger partial charge in [-0.25, -0.2) is 0 Å². The number of aryl methyl sites for hydroxylation is 1. The molecule has 0 aromatic heterocycles. The van der Waals surface area contributed by atoms with Crippen LogP contribution in [-0.2, 0) is 13.0 Å². The molecule has 0 bridgehead atoms. The predicted octanol–water partition coefficient (Wildman–Crippen LogP) is 4.91. The number of halogens is 2. The average molecular weight is 322 g/mol. The Kier molecular flexibility index (Phi) is 4.39. The summed E-state index contributed by atoms with van der Waals surface area (Å²) in [5.41, 5.74) is 9.47. The molecule has 1 aliphatic carbocycles. The third-order valence-electron chi connectivity index (χ3n) is 3.92. The van der Waals surface area contributed by atoms with Gasteiger partial charge in [0.05, 0.1) is 0 Å². The highest BCUT2D eigenvalue weighted by atomic mass is 35.5. The average Bonchev–Trinajstić information content (AvgIpc) is 2.47. The number of rotatable bonds is 3. The number of ether oxygens (including phenoxy) is 1. The Balaban J connectivity index is 1.77. The van der Waals surface area contributed by atoms with Gasteiger partial charge in [-0.3, -0.25) is 0 Å². The molecular weight excluding hydrogens is 305 g/mol. The minimum atomic E-state index is 0.154. The maximum absolute atomic E-state index is 6.15. The molecule has 2 aromatic rings. The second-order valence-corrected chi connectivity index (χ2v) is 6.16. The van der Waals surface area contributed by atoms with Gasteiger partial charge in [-0.05, 0) is 54.7 Å².